The molecular formula is C25H24F3N5O. The molecule has 0 saturated carbocycles. The molecule has 0 aliphatic rings. The predicted molar refractivity (Wildman–Crippen MR) is 127 cm³/mol. The first-order valence-corrected chi connectivity index (χ1v) is 10.6. The number of hydrogen-bond acceptors (Lipinski definition) is 3. The van der Waals surface area contributed by atoms with Gasteiger partial charge in [-0.25, -0.2) is 9.78 Å². The lowest BCUT2D eigenvalue weighted by atomic mass is 9.89. The third kappa shape index (κ3) is 4.88. The van der Waals surface area contributed by atoms with Crippen molar-refractivity contribution in [3.05, 3.63) is 72.1 Å². The van der Waals surface area contributed by atoms with Crippen LogP contribution in [0.25, 0.3) is 22.2 Å². The van der Waals surface area contributed by atoms with Gasteiger partial charge in [-0.05, 0) is 47.5 Å². The van der Waals surface area contributed by atoms with Crippen molar-refractivity contribution in [3.8, 4) is 11.1 Å². The van der Waals surface area contributed by atoms with Crippen LogP contribution in [0.4, 0.5) is 29.3 Å². The number of hydrogen-bond donors (Lipinski definition) is 2. The molecule has 0 fully saturated rings. The third-order valence-corrected chi connectivity index (χ3v) is 5.38. The molecule has 9 heteroatoms. The van der Waals surface area contributed by atoms with Crippen molar-refractivity contribution < 1.29 is 18.0 Å². The summed E-state index contributed by atoms with van der Waals surface area (Å²) >= 11 is 0. The molecule has 0 spiro atoms. The van der Waals surface area contributed by atoms with E-state index in [1.54, 1.807) is 23.0 Å². The number of benzene rings is 2. The summed E-state index contributed by atoms with van der Waals surface area (Å²) in [7, 11) is 1.85. The van der Waals surface area contributed by atoms with E-state index in [1.165, 1.54) is 12.1 Å². The van der Waals surface area contributed by atoms with Crippen LogP contribution in [0.3, 0.4) is 0 Å². The number of alkyl halides is 3. The second-order valence-electron chi connectivity index (χ2n) is 9.05. The molecule has 2 aromatic heterocycles. The number of anilines is 2. The molecule has 0 saturated heterocycles. The number of pyridine rings is 1. The number of nitrogens with one attached hydrogen (secondary N) is 2. The van der Waals surface area contributed by atoms with Gasteiger partial charge >= 0.3 is 12.2 Å². The fraction of sp³-hybridized carbons (Fsp3) is 0.240. The Bertz CT molecular complexity index is 1350. The van der Waals surface area contributed by atoms with E-state index in [2.05, 4.69) is 36.5 Å². The van der Waals surface area contributed by atoms with Crippen molar-refractivity contribution in [2.75, 3.05) is 10.6 Å². The number of carbonyl (C=O) groups excluding carboxylic acids is 1. The van der Waals surface area contributed by atoms with Gasteiger partial charge in [-0.3, -0.25) is 4.68 Å². The molecule has 4 rings (SSSR count). The number of fused-ring (bicyclic) bond motifs is 1. The SMILES string of the molecule is Cn1ncc2c(-c3ccc(NC(=O)Nc4cccc(C(F)(F)F)c4)cc3)cc(C(C)(C)C)nc21. The van der Waals surface area contributed by atoms with Gasteiger partial charge in [0, 0.05) is 34.9 Å². The van der Waals surface area contributed by atoms with Crippen LogP contribution in [-0.2, 0) is 18.6 Å². The monoisotopic (exact) mass is 467 g/mol. The van der Waals surface area contributed by atoms with Crippen LogP contribution >= 0.6 is 0 Å². The van der Waals surface area contributed by atoms with Gasteiger partial charge in [0.15, 0.2) is 5.65 Å². The fourth-order valence-corrected chi connectivity index (χ4v) is 3.54. The van der Waals surface area contributed by atoms with Crippen LogP contribution in [0.2, 0.25) is 0 Å². The fourth-order valence-electron chi connectivity index (χ4n) is 3.54. The second-order valence-corrected chi connectivity index (χ2v) is 9.05. The number of amides is 2. The summed E-state index contributed by atoms with van der Waals surface area (Å²) in [5, 5.41) is 10.3. The molecule has 176 valence electrons. The Hall–Kier alpha value is -3.88. The summed E-state index contributed by atoms with van der Waals surface area (Å²) in [6.45, 7) is 6.28. The van der Waals surface area contributed by atoms with Gasteiger partial charge in [-0.1, -0.05) is 39.0 Å². The zero-order valence-electron chi connectivity index (χ0n) is 19.2. The Labute approximate surface area is 194 Å². The van der Waals surface area contributed by atoms with E-state index in [0.29, 0.717) is 5.69 Å². The van der Waals surface area contributed by atoms with Gasteiger partial charge in [0.25, 0.3) is 0 Å². The highest BCUT2D eigenvalue weighted by atomic mass is 19.4. The maximum absolute atomic E-state index is 12.9. The molecule has 6 nitrogen and oxygen atoms in total. The standard InChI is InChI=1S/C25H24F3N5O/c1-24(2,3)21-13-19(20-14-29-33(4)22(20)32-21)15-8-10-17(11-9-15)30-23(34)31-18-7-5-6-16(12-18)25(26,27)28/h5-14H,1-4H3,(H2,30,31,34). The van der Waals surface area contributed by atoms with E-state index < -0.39 is 17.8 Å². The van der Waals surface area contributed by atoms with E-state index in [1.807, 2.05) is 25.2 Å². The summed E-state index contributed by atoms with van der Waals surface area (Å²) in [5.74, 6) is 0. The molecule has 34 heavy (non-hydrogen) atoms. The summed E-state index contributed by atoms with van der Waals surface area (Å²) in [4.78, 5) is 17.1. The molecule has 2 aromatic carbocycles. The first-order chi connectivity index (χ1) is 15.9. The average molecular weight is 467 g/mol. The molecule has 0 aliphatic carbocycles. The van der Waals surface area contributed by atoms with E-state index in [0.717, 1.165) is 40.0 Å². The smallest absolute Gasteiger partial charge is 0.308 e. The van der Waals surface area contributed by atoms with Gasteiger partial charge in [0.1, 0.15) is 0 Å². The van der Waals surface area contributed by atoms with Crippen LogP contribution in [-0.4, -0.2) is 20.8 Å². The summed E-state index contributed by atoms with van der Waals surface area (Å²) in [6, 6.07) is 13.1. The molecule has 2 heterocycles. The summed E-state index contributed by atoms with van der Waals surface area (Å²) < 4.78 is 40.4. The summed E-state index contributed by atoms with van der Waals surface area (Å²) in [6.07, 6.45) is -2.71. The van der Waals surface area contributed by atoms with E-state index in [4.69, 9.17) is 4.98 Å². The molecule has 0 atom stereocenters. The molecule has 0 aliphatic heterocycles. The molecular weight excluding hydrogens is 443 g/mol. The van der Waals surface area contributed by atoms with Gasteiger partial charge < -0.3 is 10.6 Å². The highest BCUT2D eigenvalue weighted by molar-refractivity contribution is 6.00. The molecule has 2 N–H and O–H groups in total. The topological polar surface area (TPSA) is 71.8 Å². The van der Waals surface area contributed by atoms with Crippen LogP contribution < -0.4 is 10.6 Å². The molecule has 4 aromatic rings. The van der Waals surface area contributed by atoms with Gasteiger partial charge in [0.05, 0.1) is 11.8 Å². The Morgan fingerprint density at radius 2 is 1.62 bits per heavy atom. The number of rotatable bonds is 3. The van der Waals surface area contributed by atoms with Crippen molar-refractivity contribution in [1.29, 1.82) is 0 Å². The number of halogens is 3. The number of nitrogens with zero attached hydrogens (tertiary/aromatic N) is 3. The lowest BCUT2D eigenvalue weighted by molar-refractivity contribution is -0.137. The molecule has 0 bridgehead atoms. The zero-order chi connectivity index (χ0) is 24.7. The number of urea groups is 1. The minimum atomic E-state index is -4.48. The Morgan fingerprint density at radius 1 is 0.941 bits per heavy atom. The zero-order valence-corrected chi connectivity index (χ0v) is 19.2. The van der Waals surface area contributed by atoms with Crippen molar-refractivity contribution in [1.82, 2.24) is 14.8 Å². The van der Waals surface area contributed by atoms with Crippen molar-refractivity contribution in [3.63, 3.8) is 0 Å². The minimum Gasteiger partial charge on any atom is -0.308 e. The molecule has 0 radical (unpaired) electrons. The Kier molecular flexibility index (Phi) is 5.80. The van der Waals surface area contributed by atoms with Gasteiger partial charge in [-0.2, -0.15) is 18.3 Å². The Morgan fingerprint density at radius 3 is 2.26 bits per heavy atom. The molecule has 0 unspecified atom stereocenters. The lowest BCUT2D eigenvalue weighted by Gasteiger charge is -2.19. The quantitative estimate of drug-likeness (QED) is 0.357. The van der Waals surface area contributed by atoms with Crippen molar-refractivity contribution in [2.45, 2.75) is 32.4 Å². The largest absolute Gasteiger partial charge is 0.416 e. The average Bonchev–Trinajstić information content (AvgIpc) is 3.13. The molecule has 2 amide bonds. The highest BCUT2D eigenvalue weighted by Gasteiger charge is 2.30. The van der Waals surface area contributed by atoms with E-state index >= 15 is 0 Å². The maximum atomic E-state index is 12.9. The summed E-state index contributed by atoms with van der Waals surface area (Å²) in [5.41, 5.74) is 3.18. The van der Waals surface area contributed by atoms with Crippen LogP contribution in [0.1, 0.15) is 32.0 Å². The lowest BCUT2D eigenvalue weighted by Crippen LogP contribution is -2.19. The third-order valence-electron chi connectivity index (χ3n) is 5.38. The Balaban J connectivity index is 1.55. The number of aromatic nitrogens is 3. The first-order valence-electron chi connectivity index (χ1n) is 10.6. The maximum Gasteiger partial charge on any atom is 0.416 e. The van der Waals surface area contributed by atoms with Crippen LogP contribution in [0.15, 0.2) is 60.8 Å². The van der Waals surface area contributed by atoms with Gasteiger partial charge in [-0.15, -0.1) is 0 Å². The van der Waals surface area contributed by atoms with E-state index in [-0.39, 0.29) is 11.1 Å². The second kappa shape index (κ2) is 8.48. The van der Waals surface area contributed by atoms with Crippen molar-refractivity contribution >= 4 is 28.4 Å². The minimum absolute atomic E-state index is 0.0504. The normalized spacial score (nSPS) is 12.1. The van der Waals surface area contributed by atoms with E-state index in [9.17, 15) is 18.0 Å². The highest BCUT2D eigenvalue weighted by Crippen LogP contribution is 2.33. The van der Waals surface area contributed by atoms with Gasteiger partial charge in [0.2, 0.25) is 0 Å². The number of aryl methyl sites for hydroxylation is 1. The van der Waals surface area contributed by atoms with Crippen LogP contribution in [0, 0.1) is 0 Å². The number of carbonyl (C=O) groups is 1. The predicted octanol–water partition coefficient (Wildman–Crippen LogP) is 6.60. The first kappa shape index (κ1) is 23.3. The van der Waals surface area contributed by atoms with Crippen molar-refractivity contribution in [2.24, 2.45) is 7.05 Å². The van der Waals surface area contributed by atoms with Crippen LogP contribution in [0.5, 0.6) is 0 Å².